The van der Waals surface area contributed by atoms with Crippen molar-refractivity contribution in [3.05, 3.63) is 114 Å². The molecule has 38 heavy (non-hydrogen) atoms. The van der Waals surface area contributed by atoms with Gasteiger partial charge in [-0.3, -0.25) is 4.79 Å². The Balaban J connectivity index is 0.00000267. The predicted octanol–water partition coefficient (Wildman–Crippen LogP) is 5.57. The summed E-state index contributed by atoms with van der Waals surface area (Å²) in [6.07, 6.45) is -10.3. The van der Waals surface area contributed by atoms with Crippen molar-refractivity contribution < 1.29 is 60.9 Å². The average Bonchev–Trinajstić information content (AvgIpc) is 2.85. The van der Waals surface area contributed by atoms with Gasteiger partial charge in [-0.05, 0) is 57.1 Å². The van der Waals surface area contributed by atoms with Gasteiger partial charge in [0, 0.05) is 16.9 Å². The Morgan fingerprint density at radius 2 is 1.13 bits per heavy atom. The second kappa shape index (κ2) is 12.1. The summed E-state index contributed by atoms with van der Waals surface area (Å²) in [4.78, 5) is 13.1. The second-order valence-electron chi connectivity index (χ2n) is 7.67. The van der Waals surface area contributed by atoms with Gasteiger partial charge < -0.3 is 10.9 Å². The van der Waals surface area contributed by atoms with E-state index >= 15 is 0 Å². The van der Waals surface area contributed by atoms with Gasteiger partial charge in [-0.1, -0.05) is 42.5 Å². The van der Waals surface area contributed by atoms with Gasteiger partial charge in [0.1, 0.15) is 23.0 Å². The summed E-state index contributed by atoms with van der Waals surface area (Å²) >= 11 is 0. The van der Waals surface area contributed by atoms with Gasteiger partial charge in [0.2, 0.25) is 0 Å². The molecule has 1 unspecified atom stereocenters. The third kappa shape index (κ3) is 7.20. The first-order valence-corrected chi connectivity index (χ1v) is 11.7. The Morgan fingerprint density at radius 1 is 0.632 bits per heavy atom. The minimum Gasteiger partial charge on any atom is -1.00 e. The summed E-state index contributed by atoms with van der Waals surface area (Å²) in [5, 5.41) is 0.111. The molecule has 0 aliphatic carbocycles. The molecule has 0 fully saturated rings. The summed E-state index contributed by atoms with van der Waals surface area (Å²) in [7, 11) is -1.10. The Hall–Kier alpha value is -3.24. The van der Waals surface area contributed by atoms with E-state index in [1.165, 1.54) is 18.2 Å². The molecule has 0 N–H and O–H groups in total. The van der Waals surface area contributed by atoms with Crippen molar-refractivity contribution in [1.29, 1.82) is 0 Å². The van der Waals surface area contributed by atoms with Gasteiger partial charge in [0.15, 0.2) is 5.52 Å². The smallest absolute Gasteiger partial charge is 1.00 e. The van der Waals surface area contributed by atoms with Gasteiger partial charge in [-0.15, -0.1) is 0 Å². The summed E-state index contributed by atoms with van der Waals surface area (Å²) in [5.41, 5.74) is -6.03. The van der Waals surface area contributed by atoms with Crippen molar-refractivity contribution in [1.82, 2.24) is 0 Å². The standard InChI is InChI=1S/C27H17F6O3P.Li.H/c28-26(29,30)20-12-7-13-21(27(31,32)33)24(20)25(34)37-23-15-14-19(35-17-8-3-1-4-9-17)16-22(23)36-18-10-5-2-6-11-18;;/h1-16,37H;;/q;+1;-1. The number of halogens is 6. The topological polar surface area (TPSA) is 35.5 Å². The van der Waals surface area contributed by atoms with Crippen molar-refractivity contribution >= 4 is 19.4 Å². The zero-order valence-electron chi connectivity index (χ0n) is 20.7. The van der Waals surface area contributed by atoms with E-state index in [1.54, 1.807) is 60.7 Å². The third-order valence-electron chi connectivity index (χ3n) is 5.05. The van der Waals surface area contributed by atoms with Crippen molar-refractivity contribution in [2.75, 3.05) is 0 Å². The summed E-state index contributed by atoms with van der Waals surface area (Å²) in [6.45, 7) is 0. The van der Waals surface area contributed by atoms with Crippen molar-refractivity contribution in [2.24, 2.45) is 0 Å². The molecule has 4 rings (SSSR count). The summed E-state index contributed by atoms with van der Waals surface area (Å²) in [5.74, 6) is 1.20. The average molecular weight is 542 g/mol. The molecular weight excluding hydrogens is 524 g/mol. The molecule has 0 aromatic heterocycles. The SMILES string of the molecule is O=C(Pc1ccc(Oc2ccccc2)cc1Oc1ccccc1)c1c(C(F)(F)F)cccc1C(F)(F)F.[H-].[Li+]. The van der Waals surface area contributed by atoms with E-state index in [0.717, 1.165) is 0 Å². The zero-order chi connectivity index (χ0) is 26.6. The normalized spacial score (nSPS) is 11.7. The quantitative estimate of drug-likeness (QED) is 0.174. The van der Waals surface area contributed by atoms with Crippen LogP contribution in [0.2, 0.25) is 0 Å². The number of alkyl halides is 6. The van der Waals surface area contributed by atoms with E-state index in [2.05, 4.69) is 0 Å². The summed E-state index contributed by atoms with van der Waals surface area (Å²) < 4.78 is 93.1. The molecule has 0 heterocycles. The van der Waals surface area contributed by atoms with Crippen LogP contribution in [0.5, 0.6) is 23.0 Å². The molecule has 0 aliphatic heterocycles. The maximum atomic E-state index is 13.6. The monoisotopic (exact) mass is 542 g/mol. The number of carbonyl (C=O) groups is 1. The van der Waals surface area contributed by atoms with Gasteiger partial charge in [0.25, 0.3) is 0 Å². The Morgan fingerprint density at radius 3 is 1.63 bits per heavy atom. The first-order valence-electron chi connectivity index (χ1n) is 10.7. The first-order chi connectivity index (χ1) is 17.5. The van der Waals surface area contributed by atoms with E-state index in [4.69, 9.17) is 9.47 Å². The minimum atomic E-state index is -5.16. The van der Waals surface area contributed by atoms with Crippen LogP contribution in [-0.2, 0) is 12.4 Å². The van der Waals surface area contributed by atoms with Crippen molar-refractivity contribution in [3.8, 4) is 23.0 Å². The van der Waals surface area contributed by atoms with Gasteiger partial charge in [0.05, 0.1) is 11.1 Å². The van der Waals surface area contributed by atoms with Crippen LogP contribution >= 0.6 is 8.58 Å². The molecule has 0 spiro atoms. The number of hydrogen-bond acceptors (Lipinski definition) is 3. The van der Waals surface area contributed by atoms with Crippen LogP contribution in [0.15, 0.2) is 97.1 Å². The van der Waals surface area contributed by atoms with E-state index in [1.807, 2.05) is 0 Å². The fourth-order valence-corrected chi connectivity index (χ4v) is 4.50. The maximum Gasteiger partial charge on any atom is 1.00 e. The predicted molar refractivity (Wildman–Crippen MR) is 129 cm³/mol. The Bertz CT molecular complexity index is 1370. The second-order valence-corrected chi connectivity index (χ2v) is 8.91. The van der Waals surface area contributed by atoms with E-state index in [0.29, 0.717) is 35.4 Å². The molecule has 0 radical (unpaired) electrons. The third-order valence-corrected chi connectivity index (χ3v) is 6.21. The summed E-state index contributed by atoms with van der Waals surface area (Å²) in [6, 6.07) is 22.8. The largest absolute Gasteiger partial charge is 1.00 e. The Labute approximate surface area is 229 Å². The number of hydrogen-bond donors (Lipinski definition) is 0. The van der Waals surface area contributed by atoms with Gasteiger partial charge in [-0.25, -0.2) is 0 Å². The fourth-order valence-electron chi connectivity index (χ4n) is 3.45. The van der Waals surface area contributed by atoms with Crippen LogP contribution in [0.3, 0.4) is 0 Å². The number of rotatable bonds is 7. The minimum absolute atomic E-state index is 0. The van der Waals surface area contributed by atoms with Crippen LogP contribution in [-0.4, -0.2) is 5.52 Å². The van der Waals surface area contributed by atoms with Crippen LogP contribution in [0.25, 0.3) is 0 Å². The maximum absolute atomic E-state index is 13.6. The molecule has 1 atom stereocenters. The molecule has 0 saturated carbocycles. The number of para-hydroxylation sites is 2. The van der Waals surface area contributed by atoms with Gasteiger partial charge in [-0.2, -0.15) is 26.3 Å². The van der Waals surface area contributed by atoms with Crippen molar-refractivity contribution in [2.45, 2.75) is 12.4 Å². The molecule has 0 amide bonds. The number of carbonyl (C=O) groups excluding carboxylic acids is 1. The van der Waals surface area contributed by atoms with Crippen LogP contribution in [0, 0.1) is 0 Å². The molecule has 11 heteroatoms. The molecule has 4 aromatic rings. The molecule has 0 aliphatic rings. The van der Waals surface area contributed by atoms with E-state index in [-0.39, 0.29) is 31.3 Å². The van der Waals surface area contributed by atoms with E-state index < -0.39 is 43.1 Å². The molecule has 4 aromatic carbocycles. The zero-order valence-corrected chi connectivity index (χ0v) is 20.7. The van der Waals surface area contributed by atoms with Gasteiger partial charge >= 0.3 is 31.2 Å². The fraction of sp³-hybridized carbons (Fsp3) is 0.0741. The molecule has 0 bridgehead atoms. The first kappa shape index (κ1) is 29.3. The van der Waals surface area contributed by atoms with Crippen LogP contribution in [0.4, 0.5) is 26.3 Å². The molecular formula is C27H18F6LiO3P. The molecule has 3 nitrogen and oxygen atoms in total. The van der Waals surface area contributed by atoms with Crippen LogP contribution < -0.4 is 33.6 Å². The Kier molecular flexibility index (Phi) is 9.32. The van der Waals surface area contributed by atoms with E-state index in [9.17, 15) is 31.1 Å². The van der Waals surface area contributed by atoms with Crippen LogP contribution in [0.1, 0.15) is 22.9 Å². The molecule has 0 saturated heterocycles. The number of benzene rings is 4. The van der Waals surface area contributed by atoms with Crippen molar-refractivity contribution in [3.63, 3.8) is 0 Å². The number of ether oxygens (including phenoxy) is 2. The molecule has 192 valence electrons.